The van der Waals surface area contributed by atoms with Gasteiger partial charge in [0.15, 0.2) is 0 Å². The highest BCUT2D eigenvalue weighted by atomic mass is 32.1. The molecular formula is C52H77F2N9S4. The van der Waals surface area contributed by atoms with Gasteiger partial charge in [0.25, 0.3) is 0 Å². The van der Waals surface area contributed by atoms with Crippen LogP contribution >= 0.6 is 45.3 Å². The summed E-state index contributed by atoms with van der Waals surface area (Å²) in [5.74, 6) is 8.13. The predicted octanol–water partition coefficient (Wildman–Crippen LogP) is 15.7. The fourth-order valence-electron chi connectivity index (χ4n) is 5.15. The third-order valence-corrected chi connectivity index (χ3v) is 12.8. The van der Waals surface area contributed by atoms with Crippen LogP contribution in [0.25, 0.3) is 0 Å². The molecule has 0 aromatic carbocycles. The van der Waals surface area contributed by atoms with Crippen LogP contribution in [0.15, 0.2) is 35.0 Å². The highest BCUT2D eigenvalue weighted by Gasteiger charge is 2.24. The lowest BCUT2D eigenvalue weighted by molar-refractivity contribution is 0.491. The minimum absolute atomic E-state index is 0.0201. The van der Waals surface area contributed by atoms with Gasteiger partial charge in [-0.15, -0.1) is 45.3 Å². The van der Waals surface area contributed by atoms with Gasteiger partial charge in [0.05, 0.1) is 0 Å². The summed E-state index contributed by atoms with van der Waals surface area (Å²) in [7, 11) is 0. The smallest absolute Gasteiger partial charge is 0.137 e. The molecule has 67 heavy (non-hydrogen) atoms. The number of hydrogen-bond acceptors (Lipinski definition) is 13. The predicted molar refractivity (Wildman–Crippen MR) is 284 cm³/mol. The number of hydrogen-bond donors (Lipinski definition) is 0. The molecule has 0 fully saturated rings. The Labute approximate surface area is 418 Å². The van der Waals surface area contributed by atoms with Gasteiger partial charge >= 0.3 is 0 Å². The van der Waals surface area contributed by atoms with Gasteiger partial charge in [-0.25, -0.2) is 53.6 Å². The van der Waals surface area contributed by atoms with E-state index in [4.69, 9.17) is 0 Å². The fraction of sp³-hybridized carbons (Fsp3) is 0.519. The van der Waals surface area contributed by atoms with E-state index in [1.54, 1.807) is 36.6 Å². The Bertz CT molecular complexity index is 2280. The number of nitrogens with zero attached hydrogens (tertiary/aromatic N) is 9. The molecule has 0 bridgehead atoms. The van der Waals surface area contributed by atoms with Crippen molar-refractivity contribution in [2.75, 3.05) is 0 Å². The Hall–Kier alpha value is -4.31. The fourth-order valence-corrected chi connectivity index (χ4v) is 8.19. The molecule has 9 nitrogen and oxygen atoms in total. The molecule has 7 heterocycles. The SMILES string of the molecule is Cc1cc(C)c(C)s1.Cc1cc(F)c(C)s1.Cc1ccsc1C.Cc1nc(C(C)(C)C)nc(C(C)(C)C)n1.Cc1nc(C(C)C)nc(C(C)C)n1.Cc1nc(C)nc(C)n1.Cc1sccc1F. The first kappa shape index (κ1) is 60.7. The zero-order valence-corrected chi connectivity index (χ0v) is 47.8. The summed E-state index contributed by atoms with van der Waals surface area (Å²) < 4.78 is 24.4. The van der Waals surface area contributed by atoms with Crippen molar-refractivity contribution in [3.8, 4) is 0 Å². The van der Waals surface area contributed by atoms with Gasteiger partial charge < -0.3 is 0 Å². The number of rotatable bonds is 2. The molecule has 0 N–H and O–H groups in total. The van der Waals surface area contributed by atoms with Crippen molar-refractivity contribution in [2.24, 2.45) is 0 Å². The molecule has 0 aliphatic heterocycles. The first-order chi connectivity index (χ1) is 30.8. The molecule has 0 aliphatic carbocycles. The molecule has 0 unspecified atom stereocenters. The monoisotopic (exact) mass is 994 g/mol. The average molecular weight is 995 g/mol. The molecule has 0 spiro atoms. The summed E-state index contributed by atoms with van der Waals surface area (Å²) in [5, 5.41) is 3.86. The van der Waals surface area contributed by atoms with E-state index in [1.165, 1.54) is 54.5 Å². The first-order valence-electron chi connectivity index (χ1n) is 22.4. The normalized spacial score (nSPS) is 10.7. The van der Waals surface area contributed by atoms with Crippen LogP contribution in [0, 0.1) is 102 Å². The van der Waals surface area contributed by atoms with E-state index >= 15 is 0 Å². The molecule has 0 saturated heterocycles. The third-order valence-electron chi connectivity index (χ3n) is 9.06. The van der Waals surface area contributed by atoms with Crippen molar-refractivity contribution in [3.63, 3.8) is 0 Å². The lowest BCUT2D eigenvalue weighted by Crippen LogP contribution is -2.24. The maximum atomic E-state index is 12.3. The summed E-state index contributed by atoms with van der Waals surface area (Å²) in [5.41, 5.74) is 2.79. The Balaban J connectivity index is 0.000000398. The van der Waals surface area contributed by atoms with Gasteiger partial charge in [-0.1, -0.05) is 69.2 Å². The summed E-state index contributed by atoms with van der Waals surface area (Å²) in [6, 6.07) is 7.39. The van der Waals surface area contributed by atoms with Crippen LogP contribution < -0.4 is 0 Å². The van der Waals surface area contributed by atoms with Crippen molar-refractivity contribution >= 4 is 45.3 Å². The van der Waals surface area contributed by atoms with E-state index in [0.717, 1.165) is 67.1 Å². The van der Waals surface area contributed by atoms with E-state index in [2.05, 4.69) is 166 Å². The Morgan fingerprint density at radius 1 is 0.403 bits per heavy atom. The van der Waals surface area contributed by atoms with E-state index < -0.39 is 0 Å². The first-order valence-corrected chi connectivity index (χ1v) is 25.8. The molecule has 7 rings (SSSR count). The van der Waals surface area contributed by atoms with Gasteiger partial charge in [-0.05, 0) is 136 Å². The molecule has 0 radical (unpaired) electrons. The van der Waals surface area contributed by atoms with Crippen molar-refractivity contribution in [3.05, 3.63) is 139 Å². The Morgan fingerprint density at radius 2 is 0.791 bits per heavy atom. The van der Waals surface area contributed by atoms with Gasteiger partial charge in [0, 0.05) is 51.9 Å². The van der Waals surface area contributed by atoms with Crippen molar-refractivity contribution in [2.45, 2.75) is 182 Å². The number of thiophene rings is 4. The van der Waals surface area contributed by atoms with Gasteiger partial charge in [0.1, 0.15) is 64.1 Å². The topological polar surface area (TPSA) is 116 Å². The largest absolute Gasteiger partial charge is 0.219 e. The molecule has 0 saturated carbocycles. The standard InChI is InChI=1S/C12H21N3.C10H17N3.C7H10S.C6H7FS.C6H9N3.C6H8S.C5H5FS/c1-8-13-9(11(2,3)4)15-10(14-8)12(5,6)7;1-6(2)9-11-8(5)12-10(13-9)7(3)4;1-5-4-6(2)8-7(5)3;1-4-3-6(7)5(2)8-4;1-4-7-5(2)9-6(3)8-4;1-5-3-4-7-6(5)2;1-4-5(6)2-3-7-4/h1-7H3;6-7H,1-5H3;4H,1-3H3;3H,1-2H3;1-3H3;3-4H,1-2H3;2-3H,1H3. The molecular weight excluding hydrogens is 917 g/mol. The number of aromatic nitrogens is 9. The van der Waals surface area contributed by atoms with Crippen LogP contribution in [0.1, 0.15) is 174 Å². The molecule has 7 aromatic rings. The third kappa shape index (κ3) is 24.0. The van der Waals surface area contributed by atoms with Crippen LogP contribution in [-0.2, 0) is 10.8 Å². The van der Waals surface area contributed by atoms with Crippen molar-refractivity contribution in [1.82, 2.24) is 44.9 Å². The lowest BCUT2D eigenvalue weighted by atomic mass is 9.93. The van der Waals surface area contributed by atoms with Crippen LogP contribution in [0.5, 0.6) is 0 Å². The summed E-state index contributed by atoms with van der Waals surface area (Å²) in [4.78, 5) is 45.3. The maximum Gasteiger partial charge on any atom is 0.137 e. The zero-order valence-electron chi connectivity index (χ0n) is 44.5. The molecule has 0 amide bonds. The second-order valence-corrected chi connectivity index (χ2v) is 23.9. The van der Waals surface area contributed by atoms with Gasteiger partial charge in [0.2, 0.25) is 0 Å². The molecule has 15 heteroatoms. The van der Waals surface area contributed by atoms with E-state index in [0.29, 0.717) is 11.8 Å². The summed E-state index contributed by atoms with van der Waals surface area (Å²) in [6.45, 7) is 46.7. The highest BCUT2D eigenvalue weighted by Crippen LogP contribution is 2.23. The van der Waals surface area contributed by atoms with Crippen molar-refractivity contribution < 1.29 is 8.78 Å². The van der Waals surface area contributed by atoms with E-state index in [1.807, 2.05) is 52.9 Å². The number of halogens is 2. The maximum absolute atomic E-state index is 12.3. The molecule has 368 valence electrons. The second kappa shape index (κ2) is 28.2. The van der Waals surface area contributed by atoms with Crippen LogP contribution in [0.4, 0.5) is 8.78 Å². The average Bonchev–Trinajstić information content (AvgIpc) is 3.93. The summed E-state index contributed by atoms with van der Waals surface area (Å²) in [6.07, 6.45) is 0. The molecule has 0 aliphatic rings. The van der Waals surface area contributed by atoms with E-state index in [-0.39, 0.29) is 22.5 Å². The molecule has 0 atom stereocenters. The molecule has 7 aromatic heterocycles. The highest BCUT2D eigenvalue weighted by molar-refractivity contribution is 7.12. The van der Waals surface area contributed by atoms with Crippen LogP contribution in [0.2, 0.25) is 0 Å². The van der Waals surface area contributed by atoms with Gasteiger partial charge in [-0.3, -0.25) is 0 Å². The second-order valence-electron chi connectivity index (χ2n) is 18.8. The Kier molecular flexibility index (Phi) is 25.6. The lowest BCUT2D eigenvalue weighted by Gasteiger charge is -2.22. The minimum atomic E-state index is -0.0926. The van der Waals surface area contributed by atoms with Crippen LogP contribution in [0.3, 0.4) is 0 Å². The minimum Gasteiger partial charge on any atom is -0.219 e. The Morgan fingerprint density at radius 3 is 1.00 bits per heavy atom. The summed E-state index contributed by atoms with van der Waals surface area (Å²) >= 11 is 6.60. The quantitative estimate of drug-likeness (QED) is 0.167. The van der Waals surface area contributed by atoms with Gasteiger partial charge in [-0.2, -0.15) is 0 Å². The van der Waals surface area contributed by atoms with E-state index in [9.17, 15) is 8.78 Å². The van der Waals surface area contributed by atoms with Crippen LogP contribution in [-0.4, -0.2) is 44.9 Å². The number of aryl methyl sites for hydroxylation is 13. The van der Waals surface area contributed by atoms with Crippen molar-refractivity contribution in [1.29, 1.82) is 0 Å². The zero-order chi connectivity index (χ0) is 51.6.